The predicted octanol–water partition coefficient (Wildman–Crippen LogP) is 3.01. The smallest absolute Gasteiger partial charge is 0.217 e. The van der Waals surface area contributed by atoms with Crippen LogP contribution in [0.4, 0.5) is 0 Å². The summed E-state index contributed by atoms with van der Waals surface area (Å²) in [5, 5.41) is 1.32. The van der Waals surface area contributed by atoms with Gasteiger partial charge in [-0.15, -0.1) is 0 Å². The minimum absolute atomic E-state index is 0.00230. The molecule has 1 aromatic carbocycles. The van der Waals surface area contributed by atoms with Crippen LogP contribution in [-0.4, -0.2) is 30.3 Å². The summed E-state index contributed by atoms with van der Waals surface area (Å²) in [6.07, 6.45) is 4.68. The number of nitrogens with zero attached hydrogens (tertiary/aromatic N) is 3. The van der Waals surface area contributed by atoms with Crippen LogP contribution in [0.15, 0.2) is 34.4 Å². The van der Waals surface area contributed by atoms with Crippen LogP contribution >= 0.6 is 23.2 Å². The highest BCUT2D eigenvalue weighted by molar-refractivity contribution is 6.37. The Labute approximate surface area is 127 Å². The van der Waals surface area contributed by atoms with Crippen LogP contribution < -0.4 is 5.73 Å². The monoisotopic (exact) mass is 308 g/mol. The van der Waals surface area contributed by atoms with Crippen molar-refractivity contribution in [1.82, 2.24) is 4.90 Å². The second-order valence-electron chi connectivity index (χ2n) is 4.96. The van der Waals surface area contributed by atoms with Gasteiger partial charge in [-0.2, -0.15) is 0 Å². The molecule has 20 heavy (non-hydrogen) atoms. The molecule has 6 heteroatoms. The van der Waals surface area contributed by atoms with E-state index in [1.54, 1.807) is 0 Å². The van der Waals surface area contributed by atoms with Crippen molar-refractivity contribution >= 4 is 40.9 Å². The minimum atomic E-state index is -0.00230. The van der Waals surface area contributed by atoms with Gasteiger partial charge in [0.1, 0.15) is 6.17 Å². The molecule has 0 fully saturated rings. The van der Waals surface area contributed by atoms with Gasteiger partial charge in [0, 0.05) is 41.0 Å². The molecule has 0 saturated carbocycles. The first kappa shape index (κ1) is 13.5. The Balaban J connectivity index is 2.01. The summed E-state index contributed by atoms with van der Waals surface area (Å²) >= 11 is 12.6. The summed E-state index contributed by atoms with van der Waals surface area (Å²) in [6, 6.07) is 5.54. The number of guanidine groups is 1. The Hall–Kier alpha value is -1.52. The standard InChI is InChI=1S/C14H14Cl2N4/c1-20-7-9(12-10(15)3-2-4-11(12)16)5-8-6-18-14(17)19-13(8)20/h2-4,6-8,13H,5H2,1H3,(H2,17,19). The fourth-order valence-corrected chi connectivity index (χ4v) is 3.31. The number of allylic oxidation sites excluding steroid dienone is 1. The van der Waals surface area contributed by atoms with Gasteiger partial charge in [0.15, 0.2) is 0 Å². The van der Waals surface area contributed by atoms with E-state index in [0.29, 0.717) is 16.0 Å². The van der Waals surface area contributed by atoms with Gasteiger partial charge in [-0.3, -0.25) is 0 Å². The number of benzene rings is 1. The molecule has 2 heterocycles. The molecule has 3 rings (SSSR count). The molecule has 0 bridgehead atoms. The first-order chi connectivity index (χ1) is 9.56. The number of hydrogen-bond donors (Lipinski definition) is 1. The molecule has 0 radical (unpaired) electrons. The number of hydrogen-bond acceptors (Lipinski definition) is 4. The van der Waals surface area contributed by atoms with E-state index in [0.717, 1.165) is 17.6 Å². The first-order valence-electron chi connectivity index (χ1n) is 6.31. The van der Waals surface area contributed by atoms with E-state index in [2.05, 4.69) is 9.98 Å². The molecule has 0 spiro atoms. The summed E-state index contributed by atoms with van der Waals surface area (Å²) in [6.45, 7) is 0. The van der Waals surface area contributed by atoms with Crippen LogP contribution in [0, 0.1) is 5.92 Å². The Morgan fingerprint density at radius 3 is 2.70 bits per heavy atom. The third-order valence-corrected chi connectivity index (χ3v) is 4.19. The van der Waals surface area contributed by atoms with E-state index < -0.39 is 0 Å². The van der Waals surface area contributed by atoms with E-state index in [1.165, 1.54) is 0 Å². The lowest BCUT2D eigenvalue weighted by molar-refractivity contribution is 0.275. The molecule has 2 aliphatic heterocycles. The van der Waals surface area contributed by atoms with Gasteiger partial charge in [0.05, 0.1) is 0 Å². The zero-order valence-electron chi connectivity index (χ0n) is 10.9. The minimum Gasteiger partial charge on any atom is -0.368 e. The van der Waals surface area contributed by atoms with Gasteiger partial charge in [-0.1, -0.05) is 29.3 Å². The maximum Gasteiger partial charge on any atom is 0.217 e. The van der Waals surface area contributed by atoms with Crippen molar-refractivity contribution in [2.45, 2.75) is 12.6 Å². The van der Waals surface area contributed by atoms with Crippen LogP contribution in [0.25, 0.3) is 5.57 Å². The molecule has 104 valence electrons. The Morgan fingerprint density at radius 2 is 2.00 bits per heavy atom. The highest BCUT2D eigenvalue weighted by Crippen LogP contribution is 2.38. The van der Waals surface area contributed by atoms with Crippen LogP contribution in [0.2, 0.25) is 10.0 Å². The van der Waals surface area contributed by atoms with Crippen molar-refractivity contribution in [3.63, 3.8) is 0 Å². The average Bonchev–Trinajstić information content (AvgIpc) is 2.39. The number of aliphatic imine (C=N–C) groups is 2. The van der Waals surface area contributed by atoms with Gasteiger partial charge in [-0.05, 0) is 24.1 Å². The Kier molecular flexibility index (Phi) is 3.44. The topological polar surface area (TPSA) is 54.0 Å². The number of nitrogens with two attached hydrogens (primary N) is 1. The van der Waals surface area contributed by atoms with Gasteiger partial charge >= 0.3 is 0 Å². The third kappa shape index (κ3) is 2.30. The number of halogens is 2. The zero-order valence-corrected chi connectivity index (χ0v) is 12.4. The molecule has 4 nitrogen and oxygen atoms in total. The lowest BCUT2D eigenvalue weighted by atomic mass is 9.89. The largest absolute Gasteiger partial charge is 0.368 e. The van der Waals surface area contributed by atoms with Gasteiger partial charge in [-0.25, -0.2) is 9.98 Å². The van der Waals surface area contributed by atoms with Gasteiger partial charge in [0.2, 0.25) is 5.96 Å². The van der Waals surface area contributed by atoms with Crippen molar-refractivity contribution in [3.8, 4) is 0 Å². The average molecular weight is 309 g/mol. The summed E-state index contributed by atoms with van der Waals surface area (Å²) in [5.41, 5.74) is 7.64. The molecular weight excluding hydrogens is 295 g/mol. The molecule has 2 aliphatic rings. The summed E-state index contributed by atoms with van der Waals surface area (Å²) in [5.74, 6) is 0.505. The van der Waals surface area contributed by atoms with Gasteiger partial charge < -0.3 is 10.6 Å². The molecule has 2 atom stereocenters. The number of rotatable bonds is 1. The normalized spacial score (nSPS) is 25.1. The lowest BCUT2D eigenvalue weighted by Crippen LogP contribution is -2.41. The van der Waals surface area contributed by atoms with Crippen molar-refractivity contribution in [2.75, 3.05) is 7.05 Å². The molecule has 2 unspecified atom stereocenters. The summed E-state index contributed by atoms with van der Waals surface area (Å²) in [7, 11) is 1.97. The summed E-state index contributed by atoms with van der Waals surface area (Å²) in [4.78, 5) is 10.5. The first-order valence-corrected chi connectivity index (χ1v) is 7.06. The van der Waals surface area contributed by atoms with Crippen molar-refractivity contribution in [3.05, 3.63) is 40.0 Å². The van der Waals surface area contributed by atoms with Crippen LogP contribution in [-0.2, 0) is 0 Å². The maximum absolute atomic E-state index is 6.28. The van der Waals surface area contributed by atoms with E-state index >= 15 is 0 Å². The SMILES string of the molecule is CN1C=C(c2c(Cl)cccc2Cl)CC2C=NC(N)=NC21. The second-order valence-corrected chi connectivity index (χ2v) is 5.78. The van der Waals surface area contributed by atoms with Crippen molar-refractivity contribution in [1.29, 1.82) is 0 Å². The second kappa shape index (κ2) is 5.11. The number of fused-ring (bicyclic) bond motifs is 1. The van der Waals surface area contributed by atoms with E-state index in [1.807, 2.05) is 42.6 Å². The van der Waals surface area contributed by atoms with Crippen LogP contribution in [0.3, 0.4) is 0 Å². The van der Waals surface area contributed by atoms with Crippen LogP contribution in [0.5, 0.6) is 0 Å². The lowest BCUT2D eigenvalue weighted by Gasteiger charge is -2.36. The van der Waals surface area contributed by atoms with Gasteiger partial charge in [0.25, 0.3) is 0 Å². The highest BCUT2D eigenvalue weighted by Gasteiger charge is 2.31. The molecule has 0 aliphatic carbocycles. The van der Waals surface area contributed by atoms with E-state index in [-0.39, 0.29) is 12.1 Å². The fraction of sp³-hybridized carbons (Fsp3) is 0.286. The Morgan fingerprint density at radius 1 is 1.30 bits per heavy atom. The summed E-state index contributed by atoms with van der Waals surface area (Å²) < 4.78 is 0. The highest BCUT2D eigenvalue weighted by atomic mass is 35.5. The zero-order chi connectivity index (χ0) is 14.3. The van der Waals surface area contributed by atoms with E-state index in [9.17, 15) is 0 Å². The molecule has 0 amide bonds. The van der Waals surface area contributed by atoms with Crippen molar-refractivity contribution in [2.24, 2.45) is 21.6 Å². The van der Waals surface area contributed by atoms with Crippen LogP contribution in [0.1, 0.15) is 12.0 Å². The van der Waals surface area contributed by atoms with Crippen molar-refractivity contribution < 1.29 is 0 Å². The Bertz CT molecular complexity index is 616. The molecule has 0 saturated heterocycles. The molecular formula is C14H14Cl2N4. The molecule has 0 aromatic heterocycles. The third-order valence-electron chi connectivity index (χ3n) is 3.56. The maximum atomic E-state index is 6.28. The molecule has 1 aromatic rings. The molecule has 2 N–H and O–H groups in total. The van der Waals surface area contributed by atoms with E-state index in [4.69, 9.17) is 28.9 Å². The quantitative estimate of drug-likeness (QED) is 0.867. The fourth-order valence-electron chi connectivity index (χ4n) is 2.66. The predicted molar refractivity (Wildman–Crippen MR) is 84.2 cm³/mol.